The average Bonchev–Trinajstić information content (AvgIpc) is 3.20. The van der Waals surface area contributed by atoms with E-state index in [4.69, 9.17) is 21.4 Å². The Hall–Kier alpha value is -2.90. The lowest BCUT2D eigenvalue weighted by molar-refractivity contribution is -0.385. The van der Waals surface area contributed by atoms with Crippen LogP contribution in [-0.2, 0) is 0 Å². The van der Waals surface area contributed by atoms with E-state index in [1.165, 1.54) is 18.2 Å². The molecule has 30 heavy (non-hydrogen) atoms. The normalized spacial score (nSPS) is 19.5. The lowest BCUT2D eigenvalue weighted by Crippen LogP contribution is -2.34. The number of rotatable bonds is 3. The second-order valence-electron chi connectivity index (χ2n) is 7.13. The van der Waals surface area contributed by atoms with Crippen LogP contribution in [0.2, 0.25) is 5.02 Å². The van der Waals surface area contributed by atoms with Crippen LogP contribution < -0.4 is 4.74 Å². The second-order valence-corrected chi connectivity index (χ2v) is 8.45. The van der Waals surface area contributed by atoms with Gasteiger partial charge in [-0.25, -0.2) is 5.01 Å². The van der Waals surface area contributed by atoms with E-state index in [0.717, 1.165) is 27.1 Å². The molecule has 150 valence electrons. The molecule has 3 aromatic rings. The Morgan fingerprint density at radius 1 is 1.10 bits per heavy atom. The van der Waals surface area contributed by atoms with Gasteiger partial charge in [0.25, 0.3) is 5.69 Å². The molecule has 0 aliphatic carbocycles. The average molecular weight is 485 g/mol. The van der Waals surface area contributed by atoms with Crippen LogP contribution in [-0.4, -0.2) is 15.6 Å². The molecule has 0 N–H and O–H groups in total. The van der Waals surface area contributed by atoms with Crippen LogP contribution in [0.5, 0.6) is 5.75 Å². The summed E-state index contributed by atoms with van der Waals surface area (Å²) in [5.74, 6) is 0.719. The lowest BCUT2D eigenvalue weighted by atomic mass is 9.96. The molecule has 0 radical (unpaired) electrons. The van der Waals surface area contributed by atoms with Crippen LogP contribution in [0.15, 0.2) is 76.3 Å². The molecule has 0 aromatic heterocycles. The third-order valence-electron chi connectivity index (χ3n) is 5.32. The summed E-state index contributed by atoms with van der Waals surface area (Å²) in [6.45, 7) is 0. The molecule has 5 rings (SSSR count). The first kappa shape index (κ1) is 19.1. The van der Waals surface area contributed by atoms with Crippen molar-refractivity contribution in [3.05, 3.63) is 103 Å². The quantitative estimate of drug-likeness (QED) is 0.325. The predicted octanol–water partition coefficient (Wildman–Crippen LogP) is 6.25. The molecular formula is C22H15BrClN3O3. The van der Waals surface area contributed by atoms with Crippen molar-refractivity contribution in [1.29, 1.82) is 0 Å². The Morgan fingerprint density at radius 2 is 1.90 bits per heavy atom. The summed E-state index contributed by atoms with van der Waals surface area (Å²) in [7, 11) is 0. The molecule has 2 heterocycles. The molecule has 0 bridgehead atoms. The maximum absolute atomic E-state index is 11.3. The molecule has 2 atom stereocenters. The van der Waals surface area contributed by atoms with Gasteiger partial charge in [0.1, 0.15) is 5.75 Å². The number of nitro benzene ring substituents is 1. The van der Waals surface area contributed by atoms with Gasteiger partial charge in [0, 0.05) is 39.2 Å². The van der Waals surface area contributed by atoms with Crippen LogP contribution in [0, 0.1) is 10.1 Å². The van der Waals surface area contributed by atoms with Crippen molar-refractivity contribution in [2.45, 2.75) is 18.7 Å². The Morgan fingerprint density at radius 3 is 2.67 bits per heavy atom. The van der Waals surface area contributed by atoms with Crippen LogP contribution >= 0.6 is 27.5 Å². The first-order valence-electron chi connectivity index (χ1n) is 9.32. The number of ether oxygens (including phenoxy) is 1. The number of hydrazone groups is 1. The molecular weight excluding hydrogens is 470 g/mol. The van der Waals surface area contributed by atoms with E-state index in [1.807, 2.05) is 53.5 Å². The van der Waals surface area contributed by atoms with Crippen LogP contribution in [0.1, 0.15) is 35.4 Å². The number of nitro groups is 1. The highest BCUT2D eigenvalue weighted by Gasteiger charge is 2.42. The smallest absolute Gasteiger partial charge is 0.270 e. The molecule has 6 nitrogen and oxygen atoms in total. The van der Waals surface area contributed by atoms with E-state index in [0.29, 0.717) is 17.0 Å². The standard InChI is InChI=1S/C22H15BrClN3O3/c23-14-6-9-21-17(10-14)20-12-19(13-4-2-1-3-5-13)25-26(20)22(30-21)16-11-15(27(28)29)7-8-18(16)24/h1-11,20,22H,12H2/t20-,22-/m0/s1. The van der Waals surface area contributed by atoms with Gasteiger partial charge in [-0.2, -0.15) is 5.10 Å². The first-order valence-corrected chi connectivity index (χ1v) is 10.5. The summed E-state index contributed by atoms with van der Waals surface area (Å²) in [5.41, 5.74) is 3.46. The number of non-ortho nitro benzene ring substituents is 1. The minimum absolute atomic E-state index is 0.0392. The first-order chi connectivity index (χ1) is 14.5. The fourth-order valence-corrected chi connectivity index (χ4v) is 4.49. The Bertz CT molecular complexity index is 1190. The SMILES string of the molecule is O=[N+]([O-])c1ccc(Cl)c([C@@H]2Oc3ccc(Br)cc3[C@@H]3CC(c4ccccc4)=NN32)c1. The summed E-state index contributed by atoms with van der Waals surface area (Å²) in [4.78, 5) is 10.9. The van der Waals surface area contributed by atoms with Gasteiger partial charge in [-0.1, -0.05) is 57.9 Å². The predicted molar refractivity (Wildman–Crippen MR) is 118 cm³/mol. The molecule has 0 saturated heterocycles. The van der Waals surface area contributed by atoms with Crippen LogP contribution in [0.3, 0.4) is 0 Å². The van der Waals surface area contributed by atoms with Crippen molar-refractivity contribution in [3.63, 3.8) is 0 Å². The van der Waals surface area contributed by atoms with E-state index in [9.17, 15) is 10.1 Å². The van der Waals surface area contributed by atoms with E-state index >= 15 is 0 Å². The number of benzene rings is 3. The summed E-state index contributed by atoms with van der Waals surface area (Å²) in [6, 6.07) is 20.1. The van der Waals surface area contributed by atoms with E-state index in [-0.39, 0.29) is 11.7 Å². The van der Waals surface area contributed by atoms with Gasteiger partial charge in [0.2, 0.25) is 6.23 Å². The van der Waals surface area contributed by atoms with Crippen LogP contribution in [0.4, 0.5) is 5.69 Å². The molecule has 2 aliphatic heterocycles. The number of hydrogen-bond donors (Lipinski definition) is 0. The summed E-state index contributed by atoms with van der Waals surface area (Å²) in [6.07, 6.45) is 0.0251. The zero-order chi connectivity index (χ0) is 20.8. The molecule has 2 aliphatic rings. The third-order valence-corrected chi connectivity index (χ3v) is 6.15. The van der Waals surface area contributed by atoms with E-state index in [2.05, 4.69) is 15.9 Å². The Labute approximate surface area is 186 Å². The number of fused-ring (bicyclic) bond motifs is 3. The van der Waals surface area contributed by atoms with Gasteiger partial charge >= 0.3 is 0 Å². The van der Waals surface area contributed by atoms with E-state index < -0.39 is 11.2 Å². The van der Waals surface area contributed by atoms with Gasteiger partial charge in [-0.15, -0.1) is 0 Å². The third kappa shape index (κ3) is 3.24. The molecule has 0 amide bonds. The van der Waals surface area contributed by atoms with Crippen molar-refractivity contribution < 1.29 is 9.66 Å². The van der Waals surface area contributed by atoms with Crippen molar-refractivity contribution in [3.8, 4) is 5.75 Å². The van der Waals surface area contributed by atoms with Gasteiger partial charge in [-0.3, -0.25) is 10.1 Å². The maximum atomic E-state index is 11.3. The molecule has 0 unspecified atom stereocenters. The monoisotopic (exact) mass is 483 g/mol. The summed E-state index contributed by atoms with van der Waals surface area (Å²) >= 11 is 9.98. The molecule has 0 spiro atoms. The van der Waals surface area contributed by atoms with Crippen LogP contribution in [0.25, 0.3) is 0 Å². The number of halogens is 2. The Balaban J connectivity index is 1.64. The Kier molecular flexibility index (Phi) is 4.72. The molecule has 8 heteroatoms. The highest BCUT2D eigenvalue weighted by molar-refractivity contribution is 9.10. The van der Waals surface area contributed by atoms with Gasteiger partial charge in [-0.05, 0) is 29.8 Å². The summed E-state index contributed by atoms with van der Waals surface area (Å²) < 4.78 is 7.23. The molecule has 3 aromatic carbocycles. The zero-order valence-corrected chi connectivity index (χ0v) is 17.9. The van der Waals surface area contributed by atoms with Crippen molar-refractivity contribution in [2.75, 3.05) is 0 Å². The van der Waals surface area contributed by atoms with Gasteiger partial charge < -0.3 is 4.74 Å². The topological polar surface area (TPSA) is 68.0 Å². The second kappa shape index (κ2) is 7.41. The van der Waals surface area contributed by atoms with Gasteiger partial charge in [0.15, 0.2) is 0 Å². The minimum Gasteiger partial charge on any atom is -0.464 e. The highest BCUT2D eigenvalue weighted by atomic mass is 79.9. The summed E-state index contributed by atoms with van der Waals surface area (Å²) in [5, 5.41) is 18.4. The number of nitrogens with zero attached hydrogens (tertiary/aromatic N) is 3. The van der Waals surface area contributed by atoms with Crippen molar-refractivity contribution in [1.82, 2.24) is 5.01 Å². The lowest BCUT2D eigenvalue weighted by Gasteiger charge is -2.38. The zero-order valence-electron chi connectivity index (χ0n) is 15.5. The largest absolute Gasteiger partial charge is 0.464 e. The number of hydrogen-bond acceptors (Lipinski definition) is 5. The van der Waals surface area contributed by atoms with E-state index in [1.54, 1.807) is 0 Å². The fraction of sp³-hybridized carbons (Fsp3) is 0.136. The fourth-order valence-electron chi connectivity index (χ4n) is 3.90. The van der Waals surface area contributed by atoms with Crippen molar-refractivity contribution >= 4 is 38.9 Å². The van der Waals surface area contributed by atoms with Gasteiger partial charge in [0.05, 0.1) is 16.7 Å². The maximum Gasteiger partial charge on any atom is 0.270 e. The highest BCUT2D eigenvalue weighted by Crippen LogP contribution is 2.49. The molecule has 0 saturated carbocycles. The van der Waals surface area contributed by atoms with Crippen molar-refractivity contribution in [2.24, 2.45) is 5.10 Å². The minimum atomic E-state index is -0.669. The molecule has 0 fully saturated rings.